The van der Waals surface area contributed by atoms with Crippen molar-refractivity contribution < 1.29 is 9.47 Å². The molecule has 11 heteroatoms. The molecule has 6 heterocycles. The lowest BCUT2D eigenvalue weighted by Crippen LogP contribution is -2.66. The van der Waals surface area contributed by atoms with Gasteiger partial charge >= 0.3 is 0 Å². The van der Waals surface area contributed by atoms with Crippen LogP contribution in [0.4, 0.5) is 102 Å². The van der Waals surface area contributed by atoms with Crippen molar-refractivity contribution in [3.8, 4) is 23.0 Å². The summed E-state index contributed by atoms with van der Waals surface area (Å²) in [5.74, 6) is 3.33. The fraction of sp³-hybridized carbons (Fsp3) is 0. The van der Waals surface area contributed by atoms with E-state index in [-0.39, 0.29) is 20.1 Å². The van der Waals surface area contributed by atoms with Gasteiger partial charge in [-0.15, -0.1) is 0 Å². The van der Waals surface area contributed by atoms with Gasteiger partial charge in [-0.05, 0) is 189 Å². The molecular formula is C90H59B3N6O2. The second kappa shape index (κ2) is 22.7. The highest BCUT2D eigenvalue weighted by Crippen LogP contribution is 2.53. The van der Waals surface area contributed by atoms with Crippen molar-refractivity contribution in [3.63, 3.8) is 0 Å². The van der Waals surface area contributed by atoms with Crippen LogP contribution in [0, 0.1) is 0 Å². The summed E-state index contributed by atoms with van der Waals surface area (Å²) in [7, 11) is 0. The minimum Gasteiger partial charge on any atom is -0.459 e. The zero-order valence-corrected chi connectivity index (χ0v) is 54.8. The van der Waals surface area contributed by atoms with E-state index in [0.29, 0.717) is 0 Å². The van der Waals surface area contributed by atoms with E-state index >= 15 is 0 Å². The van der Waals surface area contributed by atoms with E-state index in [1.54, 1.807) is 0 Å². The molecule has 21 rings (SSSR count). The summed E-state index contributed by atoms with van der Waals surface area (Å²) in [5, 5.41) is 0. The average Bonchev–Trinajstić information content (AvgIpc) is 0.677. The molecule has 15 aromatic carbocycles. The smallest absolute Gasteiger partial charge is 0.256 e. The molecule has 0 saturated carbocycles. The van der Waals surface area contributed by atoms with Gasteiger partial charge in [-0.2, -0.15) is 0 Å². The summed E-state index contributed by atoms with van der Waals surface area (Å²) in [5.41, 5.74) is 29.3. The predicted molar refractivity (Wildman–Crippen MR) is 422 cm³/mol. The van der Waals surface area contributed by atoms with E-state index in [1.807, 2.05) is 0 Å². The largest absolute Gasteiger partial charge is 0.459 e. The van der Waals surface area contributed by atoms with Crippen LogP contribution in [0.2, 0.25) is 0 Å². The van der Waals surface area contributed by atoms with Crippen LogP contribution in [-0.4, -0.2) is 20.1 Å². The van der Waals surface area contributed by atoms with Gasteiger partial charge in [0.15, 0.2) is 0 Å². The number of ether oxygens (including phenoxy) is 2. The van der Waals surface area contributed by atoms with Crippen LogP contribution >= 0.6 is 0 Å². The number of rotatable bonds is 10. The fourth-order valence-electron chi connectivity index (χ4n) is 17.2. The molecule has 0 amide bonds. The Kier molecular flexibility index (Phi) is 12.8. The Morgan fingerprint density at radius 1 is 0.198 bits per heavy atom. The van der Waals surface area contributed by atoms with Crippen LogP contribution in [0.25, 0.3) is 0 Å². The number of anilines is 18. The molecule has 0 aliphatic carbocycles. The highest BCUT2D eigenvalue weighted by molar-refractivity contribution is 7.04. The molecule has 6 aliphatic heterocycles. The van der Waals surface area contributed by atoms with Crippen molar-refractivity contribution >= 4 is 172 Å². The molecule has 0 unspecified atom stereocenters. The number of benzene rings is 15. The molecule has 6 aliphatic rings. The summed E-state index contributed by atoms with van der Waals surface area (Å²) in [6.07, 6.45) is 0. The van der Waals surface area contributed by atoms with Crippen LogP contribution < -0.4 is 88.0 Å². The number of para-hydroxylation sites is 11. The Hall–Kier alpha value is -13.1. The zero-order chi connectivity index (χ0) is 66.2. The van der Waals surface area contributed by atoms with Crippen molar-refractivity contribution in [1.29, 1.82) is 0 Å². The van der Waals surface area contributed by atoms with Gasteiger partial charge in [-0.25, -0.2) is 0 Å². The van der Waals surface area contributed by atoms with Gasteiger partial charge in [0.1, 0.15) is 23.0 Å². The highest BCUT2D eigenvalue weighted by Gasteiger charge is 2.52. The van der Waals surface area contributed by atoms with Crippen LogP contribution in [-0.2, 0) is 0 Å². The SMILES string of the molecule is c1ccc(N(c2ccccc2)c2cc3c4c(c2)N(c2ccccc2)c2ccccc2B4c2cc4c(cc2O3)N(c2ccccc2)c2cc3c(c5c2B4c2ccccc2O5)B2c4ccccc4N(c4ccccc4)c4cc(N(c5ccccc5)c5ccccc5)cc(c42)N3c2ccccc2)cc1. The van der Waals surface area contributed by atoms with E-state index in [0.717, 1.165) is 153 Å². The van der Waals surface area contributed by atoms with Crippen molar-refractivity contribution in [1.82, 2.24) is 0 Å². The molecule has 0 saturated heterocycles. The Morgan fingerprint density at radius 3 is 1.02 bits per heavy atom. The van der Waals surface area contributed by atoms with Crippen LogP contribution in [0.3, 0.4) is 0 Å². The van der Waals surface area contributed by atoms with E-state index in [2.05, 4.69) is 387 Å². The maximum atomic E-state index is 7.93. The third-order valence-electron chi connectivity index (χ3n) is 21.2. The second-order valence-corrected chi connectivity index (χ2v) is 26.7. The van der Waals surface area contributed by atoms with Crippen molar-refractivity contribution in [2.45, 2.75) is 0 Å². The van der Waals surface area contributed by atoms with E-state index in [1.165, 1.54) is 21.9 Å². The molecule has 0 N–H and O–H groups in total. The predicted octanol–water partition coefficient (Wildman–Crippen LogP) is 17.5. The van der Waals surface area contributed by atoms with Gasteiger partial charge in [0.2, 0.25) is 0 Å². The molecule has 15 aromatic rings. The third kappa shape index (κ3) is 8.73. The number of hydrogen-bond acceptors (Lipinski definition) is 8. The minimum atomic E-state index is -0.289. The summed E-state index contributed by atoms with van der Waals surface area (Å²) < 4.78 is 15.7. The van der Waals surface area contributed by atoms with Gasteiger partial charge in [0, 0.05) is 103 Å². The van der Waals surface area contributed by atoms with Gasteiger partial charge in [0.05, 0.1) is 11.4 Å². The quantitative estimate of drug-likeness (QED) is 0.125. The van der Waals surface area contributed by atoms with Crippen LogP contribution in [0.5, 0.6) is 23.0 Å². The summed E-state index contributed by atoms with van der Waals surface area (Å²) in [6.45, 7) is -0.777. The van der Waals surface area contributed by atoms with Crippen LogP contribution in [0.15, 0.2) is 358 Å². The van der Waals surface area contributed by atoms with E-state index < -0.39 is 0 Å². The fourth-order valence-corrected chi connectivity index (χ4v) is 17.2. The van der Waals surface area contributed by atoms with Crippen molar-refractivity contribution in [3.05, 3.63) is 358 Å². The lowest BCUT2D eigenvalue weighted by molar-refractivity contribution is 0.488. The molecule has 0 radical (unpaired) electrons. The van der Waals surface area contributed by atoms with Crippen molar-refractivity contribution in [2.24, 2.45) is 0 Å². The highest BCUT2D eigenvalue weighted by atomic mass is 16.5. The van der Waals surface area contributed by atoms with E-state index in [9.17, 15) is 0 Å². The summed E-state index contributed by atoms with van der Waals surface area (Å²) >= 11 is 0. The normalized spacial score (nSPS) is 13.4. The Balaban J connectivity index is 0.847. The van der Waals surface area contributed by atoms with E-state index in [4.69, 9.17) is 9.47 Å². The van der Waals surface area contributed by atoms with Gasteiger partial charge in [-0.1, -0.05) is 206 Å². The molecule has 0 spiro atoms. The standard InChI is InChI=1S/C90H59B3N6O2/c1-9-31-60(32-10-1)94(61-33-11-2-12-34-61)68-53-78-86-79(54-68)99(67-45-23-8-24-46-67)82-58-81-88-90(89(82)93(86)71-48-26-29-51-76(71)96(78)64-39-17-5-18-40-64)101-83-52-30-27-49-72(83)92(88)73-57-74-84(59-77(73)98(81)66-43-21-7-22-44-66)100-85-56-69(95(62-35-13-3-14-36-62)63-37-15-4-16-38-63)55-80-87(85)91(74)70-47-25-28-50-75(70)97(80)65-41-19-6-20-42-65/h1-59H. The molecule has 101 heavy (non-hydrogen) atoms. The summed E-state index contributed by atoms with van der Waals surface area (Å²) in [4.78, 5) is 14.7. The molecule has 0 bridgehead atoms. The van der Waals surface area contributed by atoms with Crippen LogP contribution in [0.1, 0.15) is 0 Å². The molecule has 0 atom stereocenters. The molecular weight excluding hydrogens is 1230 g/mol. The first kappa shape index (κ1) is 57.0. The maximum Gasteiger partial charge on any atom is 0.256 e. The number of fused-ring (bicyclic) bond motifs is 13. The monoisotopic (exact) mass is 1290 g/mol. The van der Waals surface area contributed by atoms with Gasteiger partial charge < -0.3 is 38.9 Å². The third-order valence-corrected chi connectivity index (χ3v) is 21.2. The molecule has 470 valence electrons. The molecule has 0 aromatic heterocycles. The first-order valence-corrected chi connectivity index (χ1v) is 34.7. The first-order chi connectivity index (χ1) is 50.2. The molecule has 0 fully saturated rings. The van der Waals surface area contributed by atoms with Crippen molar-refractivity contribution in [2.75, 3.05) is 29.4 Å². The lowest BCUT2D eigenvalue weighted by Gasteiger charge is -2.48. The zero-order valence-electron chi connectivity index (χ0n) is 54.8. The van der Waals surface area contributed by atoms with Gasteiger partial charge in [-0.3, -0.25) is 0 Å². The topological polar surface area (TPSA) is 37.9 Å². The Morgan fingerprint density at radius 2 is 0.545 bits per heavy atom. The molecule has 8 nitrogen and oxygen atoms in total. The minimum absolute atomic E-state index is 0.212. The summed E-state index contributed by atoms with van der Waals surface area (Å²) in [6, 6.07) is 130. The average molecular weight is 1290 g/mol. The number of hydrogen-bond donors (Lipinski definition) is 0. The maximum absolute atomic E-state index is 7.93. The Bertz CT molecular complexity index is 5710. The second-order valence-electron chi connectivity index (χ2n) is 26.7. The first-order valence-electron chi connectivity index (χ1n) is 34.7. The number of nitrogens with zero attached hydrogens (tertiary/aromatic N) is 6. The van der Waals surface area contributed by atoms with Gasteiger partial charge in [0.25, 0.3) is 20.1 Å². The Labute approximate surface area is 587 Å². The lowest BCUT2D eigenvalue weighted by atomic mass is 9.29.